The van der Waals surface area contributed by atoms with Crippen LogP contribution in [-0.2, 0) is 17.6 Å². The van der Waals surface area contributed by atoms with Crippen molar-refractivity contribution in [3.05, 3.63) is 82.9 Å². The van der Waals surface area contributed by atoms with Crippen LogP contribution in [0.1, 0.15) is 62.9 Å². The van der Waals surface area contributed by atoms with Crippen LogP contribution in [0.3, 0.4) is 0 Å². The molecule has 0 bridgehead atoms. The van der Waals surface area contributed by atoms with Crippen molar-refractivity contribution in [2.45, 2.75) is 66.1 Å². The van der Waals surface area contributed by atoms with Crippen LogP contribution in [0.2, 0.25) is 0 Å². The molecule has 0 aliphatic heterocycles. The SMILES string of the molecule is Cc1cc(-c2ccc(COc3cccc(C[C@@H](C)P(C)(=O)O)c3)cc2[C@@H](C)C(C)(C)C)c(F)cn1. The van der Waals surface area contributed by atoms with Gasteiger partial charge in [-0.2, -0.15) is 0 Å². The first-order chi connectivity index (χ1) is 16.3. The van der Waals surface area contributed by atoms with Gasteiger partial charge in [0.25, 0.3) is 0 Å². The van der Waals surface area contributed by atoms with Crippen molar-refractivity contribution in [2.24, 2.45) is 5.41 Å². The van der Waals surface area contributed by atoms with Crippen molar-refractivity contribution in [3.63, 3.8) is 0 Å². The van der Waals surface area contributed by atoms with E-state index in [0.29, 0.717) is 24.3 Å². The van der Waals surface area contributed by atoms with Gasteiger partial charge in [-0.1, -0.05) is 65.0 Å². The summed E-state index contributed by atoms with van der Waals surface area (Å²) in [5.74, 6) is 0.565. The molecule has 0 aliphatic carbocycles. The average molecular weight is 498 g/mol. The number of hydrogen-bond donors (Lipinski definition) is 1. The van der Waals surface area contributed by atoms with Crippen molar-refractivity contribution in [2.75, 3.05) is 6.66 Å². The van der Waals surface area contributed by atoms with E-state index >= 15 is 0 Å². The third-order valence-corrected chi connectivity index (χ3v) is 8.63. The molecule has 0 saturated carbocycles. The van der Waals surface area contributed by atoms with Gasteiger partial charge >= 0.3 is 0 Å². The standard InChI is InChI=1S/C29H37FNO3P/c1-19-13-27(28(30)17-31-19)25-12-11-23(16-26(25)21(3)29(4,5)6)18-34-24-10-8-9-22(15-24)14-20(2)35(7,32)33/h8-13,15-17,20-21H,14,18H2,1-7H3,(H,32,33)/t20-,21-/m1/s1. The van der Waals surface area contributed by atoms with Crippen molar-refractivity contribution in [1.29, 1.82) is 0 Å². The Labute approximate surface area is 209 Å². The van der Waals surface area contributed by atoms with E-state index in [4.69, 9.17) is 4.74 Å². The molecule has 4 nitrogen and oxygen atoms in total. The fourth-order valence-corrected chi connectivity index (χ4v) is 4.51. The summed E-state index contributed by atoms with van der Waals surface area (Å²) in [7, 11) is -3.14. The Balaban J connectivity index is 1.88. The van der Waals surface area contributed by atoms with Gasteiger partial charge in [0.1, 0.15) is 18.2 Å². The quantitative estimate of drug-likeness (QED) is 0.323. The molecule has 0 fully saturated rings. The van der Waals surface area contributed by atoms with Crippen molar-refractivity contribution in [3.8, 4) is 16.9 Å². The Hall–Kier alpha value is -2.49. The van der Waals surface area contributed by atoms with Crippen LogP contribution >= 0.6 is 7.37 Å². The molecular weight excluding hydrogens is 460 g/mol. The molecule has 0 saturated heterocycles. The second-order valence-corrected chi connectivity index (χ2v) is 13.5. The summed E-state index contributed by atoms with van der Waals surface area (Å²) in [6, 6.07) is 15.5. The van der Waals surface area contributed by atoms with E-state index in [0.717, 1.165) is 27.9 Å². The van der Waals surface area contributed by atoms with Crippen molar-refractivity contribution in [1.82, 2.24) is 4.98 Å². The molecule has 0 aliphatic rings. The second-order valence-electron chi connectivity index (χ2n) is 10.7. The number of pyridine rings is 1. The average Bonchev–Trinajstić information content (AvgIpc) is 2.77. The molecule has 3 atom stereocenters. The lowest BCUT2D eigenvalue weighted by Crippen LogP contribution is -2.16. The summed E-state index contributed by atoms with van der Waals surface area (Å²) in [5, 5.41) is 0. The van der Waals surface area contributed by atoms with Crippen LogP contribution in [0, 0.1) is 18.2 Å². The maximum absolute atomic E-state index is 14.7. The smallest absolute Gasteiger partial charge is 0.200 e. The molecule has 1 aromatic heterocycles. The van der Waals surface area contributed by atoms with Gasteiger partial charge in [0.15, 0.2) is 0 Å². The number of halogens is 1. The van der Waals surface area contributed by atoms with E-state index in [1.54, 1.807) is 13.0 Å². The maximum atomic E-state index is 14.7. The molecule has 1 heterocycles. The van der Waals surface area contributed by atoms with Crippen molar-refractivity contribution < 1.29 is 18.6 Å². The fraction of sp³-hybridized carbons (Fsp3) is 0.414. The summed E-state index contributed by atoms with van der Waals surface area (Å²) in [6.07, 6.45) is 1.80. The van der Waals surface area contributed by atoms with E-state index < -0.39 is 7.37 Å². The van der Waals surface area contributed by atoms with Gasteiger partial charge in [-0.15, -0.1) is 0 Å². The first kappa shape index (κ1) is 27.1. The van der Waals surface area contributed by atoms with Gasteiger partial charge in [-0.25, -0.2) is 4.39 Å². The number of rotatable bonds is 8. The van der Waals surface area contributed by atoms with E-state index in [2.05, 4.69) is 38.7 Å². The molecule has 6 heteroatoms. The molecular formula is C29H37FNO3P. The fourth-order valence-electron chi connectivity index (χ4n) is 3.96. The summed E-state index contributed by atoms with van der Waals surface area (Å²) in [5.41, 5.74) is 4.93. The molecule has 0 amide bonds. The number of hydrogen-bond acceptors (Lipinski definition) is 3. The van der Waals surface area contributed by atoms with Crippen LogP contribution in [0.5, 0.6) is 5.75 Å². The monoisotopic (exact) mass is 497 g/mol. The Morgan fingerprint density at radius 1 is 1.06 bits per heavy atom. The number of nitrogens with zero attached hydrogens (tertiary/aromatic N) is 1. The molecule has 1 unspecified atom stereocenters. The molecule has 3 rings (SSSR count). The van der Waals surface area contributed by atoms with Crippen LogP contribution in [0.4, 0.5) is 4.39 Å². The van der Waals surface area contributed by atoms with E-state index in [-0.39, 0.29) is 22.8 Å². The number of benzene rings is 2. The van der Waals surface area contributed by atoms with Crippen LogP contribution in [-0.4, -0.2) is 22.2 Å². The molecule has 3 aromatic rings. The summed E-state index contributed by atoms with van der Waals surface area (Å²) in [4.78, 5) is 13.9. The van der Waals surface area contributed by atoms with Gasteiger partial charge in [-0.3, -0.25) is 9.55 Å². The lowest BCUT2D eigenvalue weighted by molar-refractivity contribution is 0.304. The summed E-state index contributed by atoms with van der Waals surface area (Å²) in [6.45, 7) is 14.2. The van der Waals surface area contributed by atoms with Gasteiger partial charge in [0.05, 0.1) is 6.20 Å². The Morgan fingerprint density at radius 3 is 2.43 bits per heavy atom. The van der Waals surface area contributed by atoms with Gasteiger partial charge < -0.3 is 9.63 Å². The maximum Gasteiger partial charge on any atom is 0.200 e. The van der Waals surface area contributed by atoms with E-state index in [9.17, 15) is 13.8 Å². The van der Waals surface area contributed by atoms with E-state index in [1.807, 2.05) is 43.3 Å². The van der Waals surface area contributed by atoms with Gasteiger partial charge in [0.2, 0.25) is 7.37 Å². The highest BCUT2D eigenvalue weighted by molar-refractivity contribution is 7.57. The molecule has 0 spiro atoms. The van der Waals surface area contributed by atoms with Crippen LogP contribution < -0.4 is 4.74 Å². The third kappa shape index (κ3) is 7.02. The molecule has 2 aromatic carbocycles. The number of ether oxygens (including phenoxy) is 1. The topological polar surface area (TPSA) is 59.4 Å². The predicted octanol–water partition coefficient (Wildman–Crippen LogP) is 7.76. The van der Waals surface area contributed by atoms with E-state index in [1.165, 1.54) is 12.9 Å². The highest BCUT2D eigenvalue weighted by Crippen LogP contribution is 2.43. The van der Waals surface area contributed by atoms with Crippen LogP contribution in [0.15, 0.2) is 54.7 Å². The lowest BCUT2D eigenvalue weighted by Gasteiger charge is -2.30. The minimum atomic E-state index is -3.14. The predicted molar refractivity (Wildman–Crippen MR) is 142 cm³/mol. The van der Waals surface area contributed by atoms with Crippen LogP contribution in [0.25, 0.3) is 11.1 Å². The molecule has 0 radical (unpaired) electrons. The Morgan fingerprint density at radius 2 is 1.77 bits per heavy atom. The van der Waals surface area contributed by atoms with Gasteiger partial charge in [0, 0.05) is 23.6 Å². The largest absolute Gasteiger partial charge is 0.489 e. The minimum Gasteiger partial charge on any atom is -0.489 e. The second kappa shape index (κ2) is 10.6. The first-order valence-electron chi connectivity index (χ1n) is 12.0. The lowest BCUT2D eigenvalue weighted by atomic mass is 9.75. The Bertz CT molecular complexity index is 1230. The van der Waals surface area contributed by atoms with Crippen molar-refractivity contribution >= 4 is 7.37 Å². The third-order valence-electron chi connectivity index (χ3n) is 6.82. The molecule has 188 valence electrons. The number of aromatic nitrogens is 1. The summed E-state index contributed by atoms with van der Waals surface area (Å²) >= 11 is 0. The molecule has 35 heavy (non-hydrogen) atoms. The Kier molecular flexibility index (Phi) is 8.24. The number of aryl methyl sites for hydroxylation is 1. The van der Waals surface area contributed by atoms with Gasteiger partial charge in [-0.05, 0) is 65.1 Å². The zero-order valence-corrected chi connectivity index (χ0v) is 22.7. The zero-order chi connectivity index (χ0) is 26.0. The first-order valence-corrected chi connectivity index (χ1v) is 14.2. The minimum absolute atomic E-state index is 0.0107. The highest BCUT2D eigenvalue weighted by Gasteiger charge is 2.26. The molecule has 1 N–H and O–H groups in total. The normalized spacial score (nSPS) is 15.3. The zero-order valence-electron chi connectivity index (χ0n) is 21.8. The highest BCUT2D eigenvalue weighted by atomic mass is 31.2. The summed E-state index contributed by atoms with van der Waals surface area (Å²) < 4.78 is 32.8.